The molecule has 4 nitrogen and oxygen atoms in total. The zero-order valence-corrected chi connectivity index (χ0v) is 15.1. The maximum Gasteiger partial charge on any atom is 0.145 e. The predicted molar refractivity (Wildman–Crippen MR) is 98.5 cm³/mol. The van der Waals surface area contributed by atoms with Gasteiger partial charge >= 0.3 is 0 Å². The fraction of sp³-hybridized carbons (Fsp3) is 0.211. The Bertz CT molecular complexity index is 828. The van der Waals surface area contributed by atoms with Crippen molar-refractivity contribution in [1.82, 2.24) is 9.55 Å². The molecule has 3 N–H and O–H groups in total. The number of hydrogen-bond acceptors (Lipinski definition) is 3. The highest BCUT2D eigenvalue weighted by atomic mass is 79.9. The van der Waals surface area contributed by atoms with Crippen molar-refractivity contribution in [3.05, 3.63) is 87.9 Å². The molecule has 0 saturated carbocycles. The number of hydrogen-bond donors (Lipinski definition) is 2. The molecule has 1 heterocycles. The van der Waals surface area contributed by atoms with Crippen LogP contribution in [-0.4, -0.2) is 14.7 Å². The van der Waals surface area contributed by atoms with Gasteiger partial charge in [-0.3, -0.25) is 0 Å². The molecule has 3 aromatic rings. The van der Waals surface area contributed by atoms with Crippen LogP contribution in [-0.2, 0) is 18.7 Å². The summed E-state index contributed by atoms with van der Waals surface area (Å²) in [5.74, 6) is 0.604. The van der Waals surface area contributed by atoms with Crippen molar-refractivity contribution < 1.29 is 5.11 Å². The smallest absolute Gasteiger partial charge is 0.145 e. The molecule has 2 aromatic carbocycles. The van der Waals surface area contributed by atoms with Crippen LogP contribution in [0, 0.1) is 0 Å². The molecular formula is C19H20BrN3O. The lowest BCUT2D eigenvalue weighted by Gasteiger charge is -2.25. The Hall–Kier alpha value is -1.95. The Balaban J connectivity index is 1.99. The standard InChI is InChI=1S/C19H20BrN3O/c1-19(24,16-9-15(12-21)10-17(20)11-16)18-22-7-8-23(18)13-14-5-3-2-4-6-14/h2-11,24H,12-13,21H2,1H3. The van der Waals surface area contributed by atoms with Crippen LogP contribution in [0.1, 0.15) is 29.4 Å². The fourth-order valence-corrected chi connectivity index (χ4v) is 3.36. The number of rotatable bonds is 5. The predicted octanol–water partition coefficient (Wildman–Crippen LogP) is 3.41. The lowest BCUT2D eigenvalue weighted by Crippen LogP contribution is -2.28. The summed E-state index contributed by atoms with van der Waals surface area (Å²) in [6, 6.07) is 15.9. The molecule has 0 aliphatic rings. The van der Waals surface area contributed by atoms with Gasteiger partial charge in [0.05, 0.1) is 0 Å². The molecule has 0 spiro atoms. The molecule has 1 atom stereocenters. The first-order valence-corrected chi connectivity index (χ1v) is 8.58. The van der Waals surface area contributed by atoms with Crippen LogP contribution in [0.15, 0.2) is 65.4 Å². The maximum absolute atomic E-state index is 11.2. The summed E-state index contributed by atoms with van der Waals surface area (Å²) in [7, 11) is 0. The summed E-state index contributed by atoms with van der Waals surface area (Å²) in [6.45, 7) is 2.84. The zero-order chi connectivity index (χ0) is 17.2. The minimum atomic E-state index is -1.22. The number of imidazole rings is 1. The van der Waals surface area contributed by atoms with Gasteiger partial charge in [0.25, 0.3) is 0 Å². The molecule has 0 saturated heterocycles. The Labute approximate surface area is 150 Å². The second-order valence-electron chi connectivity index (χ2n) is 5.99. The van der Waals surface area contributed by atoms with Crippen molar-refractivity contribution >= 4 is 15.9 Å². The highest BCUT2D eigenvalue weighted by Crippen LogP contribution is 2.31. The molecule has 0 bridgehead atoms. The zero-order valence-electron chi connectivity index (χ0n) is 13.5. The molecule has 0 radical (unpaired) electrons. The van der Waals surface area contributed by atoms with Gasteiger partial charge in [-0.25, -0.2) is 4.98 Å². The minimum absolute atomic E-state index is 0.418. The van der Waals surface area contributed by atoms with E-state index < -0.39 is 5.60 Å². The highest BCUT2D eigenvalue weighted by molar-refractivity contribution is 9.10. The molecule has 0 amide bonds. The Kier molecular flexibility index (Phi) is 4.85. The quantitative estimate of drug-likeness (QED) is 0.707. The molecule has 0 aliphatic heterocycles. The van der Waals surface area contributed by atoms with E-state index in [1.165, 1.54) is 0 Å². The van der Waals surface area contributed by atoms with E-state index in [2.05, 4.69) is 33.0 Å². The minimum Gasteiger partial charge on any atom is -0.377 e. The summed E-state index contributed by atoms with van der Waals surface area (Å²) in [5.41, 5.74) is 7.42. The van der Waals surface area contributed by atoms with Gasteiger partial charge in [0, 0.05) is 30.0 Å². The second kappa shape index (κ2) is 6.89. The van der Waals surface area contributed by atoms with E-state index in [1.54, 1.807) is 13.1 Å². The third-order valence-corrected chi connectivity index (χ3v) is 4.56. The van der Waals surface area contributed by atoms with E-state index >= 15 is 0 Å². The SMILES string of the molecule is CC(O)(c1cc(Br)cc(CN)c1)c1nccn1Cc1ccccc1. The average molecular weight is 386 g/mol. The summed E-state index contributed by atoms with van der Waals surface area (Å²) >= 11 is 3.49. The summed E-state index contributed by atoms with van der Waals surface area (Å²) in [4.78, 5) is 4.41. The first-order chi connectivity index (χ1) is 11.5. The Morgan fingerprint density at radius 3 is 2.62 bits per heavy atom. The largest absolute Gasteiger partial charge is 0.377 e. The molecule has 1 aromatic heterocycles. The third kappa shape index (κ3) is 3.43. The molecule has 24 heavy (non-hydrogen) atoms. The summed E-state index contributed by atoms with van der Waals surface area (Å²) < 4.78 is 2.86. The molecule has 124 valence electrons. The van der Waals surface area contributed by atoms with E-state index in [9.17, 15) is 5.11 Å². The molecule has 0 aliphatic carbocycles. The molecule has 0 fully saturated rings. The molecular weight excluding hydrogens is 366 g/mol. The first-order valence-electron chi connectivity index (χ1n) is 7.78. The van der Waals surface area contributed by atoms with Crippen LogP contribution in [0.5, 0.6) is 0 Å². The van der Waals surface area contributed by atoms with Gasteiger partial charge in [0.2, 0.25) is 0 Å². The lowest BCUT2D eigenvalue weighted by atomic mass is 9.93. The topological polar surface area (TPSA) is 64.1 Å². The average Bonchev–Trinajstić information content (AvgIpc) is 3.04. The lowest BCUT2D eigenvalue weighted by molar-refractivity contribution is 0.0883. The summed E-state index contributed by atoms with van der Waals surface area (Å²) in [6.07, 6.45) is 3.60. The fourth-order valence-electron chi connectivity index (χ4n) is 2.82. The molecule has 5 heteroatoms. The van der Waals surface area contributed by atoms with Gasteiger partial charge in [0.1, 0.15) is 11.4 Å². The second-order valence-corrected chi connectivity index (χ2v) is 6.90. The monoisotopic (exact) mass is 385 g/mol. The van der Waals surface area contributed by atoms with E-state index in [1.807, 2.05) is 47.2 Å². The normalized spacial score (nSPS) is 13.7. The van der Waals surface area contributed by atoms with Gasteiger partial charge in [-0.2, -0.15) is 0 Å². The number of halogens is 1. The van der Waals surface area contributed by atoms with Crippen molar-refractivity contribution in [2.24, 2.45) is 5.73 Å². The van der Waals surface area contributed by atoms with Gasteiger partial charge in [-0.05, 0) is 35.7 Å². The highest BCUT2D eigenvalue weighted by Gasteiger charge is 2.31. The van der Waals surface area contributed by atoms with Crippen molar-refractivity contribution in [3.63, 3.8) is 0 Å². The maximum atomic E-state index is 11.2. The Morgan fingerprint density at radius 1 is 1.17 bits per heavy atom. The van der Waals surface area contributed by atoms with Crippen LogP contribution in [0.4, 0.5) is 0 Å². The van der Waals surface area contributed by atoms with Crippen molar-refractivity contribution in [3.8, 4) is 0 Å². The van der Waals surface area contributed by atoms with Gasteiger partial charge < -0.3 is 15.4 Å². The number of nitrogens with two attached hydrogens (primary N) is 1. The first kappa shape index (κ1) is 16.9. The van der Waals surface area contributed by atoms with Crippen LogP contribution in [0.3, 0.4) is 0 Å². The Morgan fingerprint density at radius 2 is 1.92 bits per heavy atom. The summed E-state index contributed by atoms with van der Waals surface area (Å²) in [5, 5.41) is 11.2. The van der Waals surface area contributed by atoms with E-state index in [0.717, 1.165) is 21.2 Å². The van der Waals surface area contributed by atoms with Gasteiger partial charge in [-0.15, -0.1) is 0 Å². The van der Waals surface area contributed by atoms with E-state index in [0.29, 0.717) is 18.9 Å². The van der Waals surface area contributed by atoms with E-state index in [-0.39, 0.29) is 0 Å². The number of aromatic nitrogens is 2. The third-order valence-electron chi connectivity index (χ3n) is 4.10. The number of aliphatic hydroxyl groups is 1. The molecule has 1 unspecified atom stereocenters. The number of nitrogens with zero attached hydrogens (tertiary/aromatic N) is 2. The van der Waals surface area contributed by atoms with E-state index in [4.69, 9.17) is 5.73 Å². The molecule has 3 rings (SSSR count). The van der Waals surface area contributed by atoms with Crippen LogP contribution < -0.4 is 5.73 Å². The number of benzene rings is 2. The van der Waals surface area contributed by atoms with Gasteiger partial charge in [-0.1, -0.05) is 52.3 Å². The van der Waals surface area contributed by atoms with Crippen LogP contribution in [0.25, 0.3) is 0 Å². The van der Waals surface area contributed by atoms with Crippen LogP contribution >= 0.6 is 15.9 Å². The van der Waals surface area contributed by atoms with Crippen molar-refractivity contribution in [2.75, 3.05) is 0 Å². The van der Waals surface area contributed by atoms with Gasteiger partial charge in [0.15, 0.2) is 0 Å². The van der Waals surface area contributed by atoms with Crippen LogP contribution in [0.2, 0.25) is 0 Å². The van der Waals surface area contributed by atoms with Crippen molar-refractivity contribution in [2.45, 2.75) is 25.6 Å². The van der Waals surface area contributed by atoms with Crippen molar-refractivity contribution in [1.29, 1.82) is 0 Å².